The molecule has 1 aliphatic heterocycles. The predicted molar refractivity (Wildman–Crippen MR) is 126 cm³/mol. The Bertz CT molecular complexity index is 1280. The summed E-state index contributed by atoms with van der Waals surface area (Å²) in [5, 5.41) is 2.83. The van der Waals surface area contributed by atoms with Gasteiger partial charge in [-0.15, -0.1) is 0 Å². The van der Waals surface area contributed by atoms with Gasteiger partial charge >= 0.3 is 0 Å². The molecule has 3 amide bonds. The molecule has 2 aromatic heterocycles. The number of pyridine rings is 2. The lowest BCUT2D eigenvalue weighted by Gasteiger charge is -2.35. The molecule has 0 spiro atoms. The molecule has 1 fully saturated rings. The first-order valence-electron chi connectivity index (χ1n) is 11.0. The van der Waals surface area contributed by atoms with Gasteiger partial charge in [-0.3, -0.25) is 24.3 Å². The smallest absolute Gasteiger partial charge is 0.274 e. The van der Waals surface area contributed by atoms with Gasteiger partial charge in [0.05, 0.1) is 23.0 Å². The monoisotopic (exact) mass is 522 g/mol. The van der Waals surface area contributed by atoms with Crippen molar-refractivity contribution in [3.05, 3.63) is 87.7 Å². The molecule has 0 radical (unpaired) electrons. The summed E-state index contributed by atoms with van der Waals surface area (Å²) < 4.78 is 13.5. The van der Waals surface area contributed by atoms with E-state index in [0.29, 0.717) is 23.2 Å². The summed E-state index contributed by atoms with van der Waals surface area (Å²) >= 11 is 3.00. The summed E-state index contributed by atoms with van der Waals surface area (Å²) in [4.78, 5) is 48.2. The number of nitrogens with one attached hydrogen (secondary N) is 1. The molecular weight excluding hydrogens is 503 g/mol. The van der Waals surface area contributed by atoms with Crippen LogP contribution in [0.15, 0.2) is 59.5 Å². The van der Waals surface area contributed by atoms with Gasteiger partial charge in [-0.25, -0.2) is 9.37 Å². The summed E-state index contributed by atoms with van der Waals surface area (Å²) in [6.45, 7) is 0. The number of fused-ring (bicyclic) bond motifs is 1. The summed E-state index contributed by atoms with van der Waals surface area (Å²) in [6.07, 6.45) is 6.25. The third-order valence-corrected chi connectivity index (χ3v) is 6.97. The summed E-state index contributed by atoms with van der Waals surface area (Å²) in [5.41, 5.74) is 2.37. The first-order valence-corrected chi connectivity index (χ1v) is 11.8. The number of halogens is 2. The second-order valence-corrected chi connectivity index (χ2v) is 9.18. The molecule has 7 nitrogen and oxygen atoms in total. The molecular formula is C25H20BrFN4O3. The van der Waals surface area contributed by atoms with E-state index in [9.17, 15) is 18.8 Å². The van der Waals surface area contributed by atoms with Crippen LogP contribution in [0.3, 0.4) is 0 Å². The lowest BCUT2D eigenvalue weighted by atomic mass is 9.80. The topological polar surface area (TPSA) is 92.3 Å². The Morgan fingerprint density at radius 2 is 1.79 bits per heavy atom. The number of amides is 3. The molecule has 3 aromatic rings. The SMILES string of the molecule is O=C(Nc1cnccc1[C@@H]1CCC[C@H](N2C(=O)c3ccccc3C2=O)C1)c1ccc(F)c(Br)n1. The van der Waals surface area contributed by atoms with Crippen molar-refractivity contribution < 1.29 is 18.8 Å². The first kappa shape index (κ1) is 22.3. The molecule has 2 atom stereocenters. The average molecular weight is 523 g/mol. The Labute approximate surface area is 203 Å². The average Bonchev–Trinajstić information content (AvgIpc) is 3.11. The van der Waals surface area contributed by atoms with Crippen LogP contribution in [0.2, 0.25) is 0 Å². The molecule has 3 heterocycles. The maximum Gasteiger partial charge on any atom is 0.274 e. The summed E-state index contributed by atoms with van der Waals surface area (Å²) in [6, 6.07) is 11.0. The number of carbonyl (C=O) groups is 3. The van der Waals surface area contributed by atoms with Gasteiger partial charge in [0.1, 0.15) is 10.3 Å². The highest BCUT2D eigenvalue weighted by atomic mass is 79.9. The standard InChI is InChI=1S/C25H20BrFN4O3/c26-22-19(27)8-9-20(29-22)23(32)30-21-13-28-11-10-16(21)14-4-3-5-15(12-14)31-24(33)17-6-1-2-7-18(17)25(31)34/h1-2,6-11,13-15H,3-5,12H2,(H,30,32)/t14-,15+/m1/s1. The number of nitrogens with zero attached hydrogens (tertiary/aromatic N) is 3. The number of benzene rings is 1. The number of imide groups is 1. The molecule has 1 saturated carbocycles. The minimum absolute atomic E-state index is 0.0225. The van der Waals surface area contributed by atoms with Gasteiger partial charge in [0.25, 0.3) is 17.7 Å². The first-order chi connectivity index (χ1) is 16.4. The van der Waals surface area contributed by atoms with Crippen LogP contribution in [0.4, 0.5) is 10.1 Å². The van der Waals surface area contributed by atoms with E-state index in [1.54, 1.807) is 36.7 Å². The maximum absolute atomic E-state index is 13.5. The summed E-state index contributed by atoms with van der Waals surface area (Å²) in [7, 11) is 0. The number of hydrogen-bond acceptors (Lipinski definition) is 5. The Morgan fingerprint density at radius 1 is 1.06 bits per heavy atom. The fraction of sp³-hybridized carbons (Fsp3) is 0.240. The predicted octanol–water partition coefficient (Wildman–Crippen LogP) is 4.95. The number of carbonyl (C=O) groups excluding carboxylic acids is 3. The highest BCUT2D eigenvalue weighted by Gasteiger charge is 2.41. The number of anilines is 1. The summed E-state index contributed by atoms with van der Waals surface area (Å²) in [5.74, 6) is -1.51. The van der Waals surface area contributed by atoms with Crippen molar-refractivity contribution in [2.75, 3.05) is 5.32 Å². The van der Waals surface area contributed by atoms with Crippen LogP contribution in [0, 0.1) is 5.82 Å². The second-order valence-electron chi connectivity index (χ2n) is 8.43. The fourth-order valence-electron chi connectivity index (χ4n) is 4.82. The van der Waals surface area contributed by atoms with Crippen LogP contribution in [0.25, 0.3) is 0 Å². The third-order valence-electron chi connectivity index (χ3n) is 6.42. The molecule has 0 bridgehead atoms. The van der Waals surface area contributed by atoms with E-state index in [0.717, 1.165) is 24.8 Å². The van der Waals surface area contributed by atoms with E-state index in [1.807, 2.05) is 6.07 Å². The maximum atomic E-state index is 13.5. The largest absolute Gasteiger partial charge is 0.319 e. The minimum atomic E-state index is -0.556. The van der Waals surface area contributed by atoms with Gasteiger partial charge in [-0.1, -0.05) is 18.6 Å². The second kappa shape index (κ2) is 9.06. The van der Waals surface area contributed by atoms with Crippen molar-refractivity contribution in [2.24, 2.45) is 0 Å². The van der Waals surface area contributed by atoms with Crippen LogP contribution >= 0.6 is 15.9 Å². The van der Waals surface area contributed by atoms with E-state index >= 15 is 0 Å². The molecule has 0 saturated heterocycles. The highest BCUT2D eigenvalue weighted by molar-refractivity contribution is 9.10. The molecule has 2 aliphatic rings. The minimum Gasteiger partial charge on any atom is -0.319 e. The zero-order valence-corrected chi connectivity index (χ0v) is 19.6. The van der Waals surface area contributed by atoms with Crippen LogP contribution in [0.5, 0.6) is 0 Å². The lowest BCUT2D eigenvalue weighted by molar-refractivity contribution is 0.0539. The van der Waals surface area contributed by atoms with E-state index in [4.69, 9.17) is 0 Å². The fourth-order valence-corrected chi connectivity index (χ4v) is 5.14. The van der Waals surface area contributed by atoms with Gasteiger partial charge in [-0.05, 0) is 77.0 Å². The van der Waals surface area contributed by atoms with E-state index in [2.05, 4.69) is 31.2 Å². The van der Waals surface area contributed by atoms with Crippen LogP contribution in [0.1, 0.15) is 68.4 Å². The number of rotatable bonds is 4. The molecule has 5 rings (SSSR count). The van der Waals surface area contributed by atoms with Gasteiger partial charge in [0, 0.05) is 12.2 Å². The van der Waals surface area contributed by atoms with Crippen molar-refractivity contribution >= 4 is 39.3 Å². The third kappa shape index (κ3) is 4.00. The van der Waals surface area contributed by atoms with Crippen LogP contribution < -0.4 is 5.32 Å². The Kier molecular flexibility index (Phi) is 5.95. The molecule has 1 N–H and O–H groups in total. The molecule has 172 valence electrons. The number of hydrogen-bond donors (Lipinski definition) is 1. The van der Waals surface area contributed by atoms with Crippen LogP contribution in [-0.4, -0.2) is 38.6 Å². The normalized spacial score (nSPS) is 19.8. The van der Waals surface area contributed by atoms with Crippen molar-refractivity contribution in [1.82, 2.24) is 14.9 Å². The highest BCUT2D eigenvalue weighted by Crippen LogP contribution is 2.40. The quantitative estimate of drug-likeness (QED) is 0.386. The van der Waals surface area contributed by atoms with Crippen molar-refractivity contribution in [3.8, 4) is 0 Å². The van der Waals surface area contributed by atoms with Crippen molar-refractivity contribution in [1.29, 1.82) is 0 Å². The van der Waals surface area contributed by atoms with E-state index < -0.39 is 11.7 Å². The Balaban J connectivity index is 1.37. The van der Waals surface area contributed by atoms with Crippen LogP contribution in [-0.2, 0) is 0 Å². The van der Waals surface area contributed by atoms with E-state index in [-0.39, 0.29) is 34.1 Å². The van der Waals surface area contributed by atoms with Gasteiger partial charge in [0.15, 0.2) is 5.82 Å². The zero-order valence-electron chi connectivity index (χ0n) is 18.0. The zero-order chi connectivity index (χ0) is 23.8. The molecule has 1 aromatic carbocycles. The van der Waals surface area contributed by atoms with E-state index in [1.165, 1.54) is 17.0 Å². The van der Waals surface area contributed by atoms with Crippen molar-refractivity contribution in [2.45, 2.75) is 37.6 Å². The van der Waals surface area contributed by atoms with Crippen molar-refractivity contribution in [3.63, 3.8) is 0 Å². The van der Waals surface area contributed by atoms with Gasteiger partial charge in [0.2, 0.25) is 0 Å². The Morgan fingerprint density at radius 3 is 2.50 bits per heavy atom. The molecule has 9 heteroatoms. The molecule has 0 unspecified atom stereocenters. The Hall–Kier alpha value is -3.46. The van der Waals surface area contributed by atoms with Gasteiger partial charge in [-0.2, -0.15) is 0 Å². The number of aromatic nitrogens is 2. The van der Waals surface area contributed by atoms with Gasteiger partial charge < -0.3 is 5.32 Å². The lowest BCUT2D eigenvalue weighted by Crippen LogP contribution is -2.42. The molecule has 1 aliphatic carbocycles. The molecule has 34 heavy (non-hydrogen) atoms.